The van der Waals surface area contributed by atoms with Crippen LogP contribution >= 0.6 is 11.3 Å². The van der Waals surface area contributed by atoms with Gasteiger partial charge in [-0.05, 0) is 65.6 Å². The number of carbonyl (C=O) groups excluding carboxylic acids is 2. The van der Waals surface area contributed by atoms with Crippen molar-refractivity contribution in [2.24, 2.45) is 0 Å². The largest absolute Gasteiger partial charge is 0.491 e. The summed E-state index contributed by atoms with van der Waals surface area (Å²) in [5, 5.41) is 2.07. The minimum atomic E-state index is -0.296. The lowest BCUT2D eigenvalue weighted by Gasteiger charge is -2.37. The Bertz CT molecular complexity index is 1120. The van der Waals surface area contributed by atoms with Gasteiger partial charge in [-0.15, -0.1) is 11.3 Å². The Balaban J connectivity index is 1.49. The molecule has 1 aliphatic rings. The summed E-state index contributed by atoms with van der Waals surface area (Å²) in [4.78, 5) is 31.3. The fourth-order valence-corrected chi connectivity index (χ4v) is 5.39. The molecule has 0 N–H and O–H groups in total. The van der Waals surface area contributed by atoms with Gasteiger partial charge in [0.1, 0.15) is 18.9 Å². The molecular formula is C28H34N2O5S. The highest BCUT2D eigenvalue weighted by Crippen LogP contribution is 2.34. The lowest BCUT2D eigenvalue weighted by atomic mass is 10.00. The molecule has 1 aliphatic heterocycles. The topological polar surface area (TPSA) is 72.2 Å². The monoisotopic (exact) mass is 510 g/mol. The van der Waals surface area contributed by atoms with Crippen molar-refractivity contribution >= 4 is 23.2 Å². The molecule has 1 atom stereocenters. The molecule has 192 valence electrons. The summed E-state index contributed by atoms with van der Waals surface area (Å²) in [5.41, 5.74) is 2.38. The quantitative estimate of drug-likeness (QED) is 0.334. The van der Waals surface area contributed by atoms with Gasteiger partial charge in [0.15, 0.2) is 5.76 Å². The fraction of sp³-hybridized carbons (Fsp3) is 0.429. The van der Waals surface area contributed by atoms with E-state index in [2.05, 4.69) is 37.4 Å². The van der Waals surface area contributed by atoms with Crippen molar-refractivity contribution in [2.45, 2.75) is 38.6 Å². The summed E-state index contributed by atoms with van der Waals surface area (Å²) in [5.74, 6) is 1.06. The van der Waals surface area contributed by atoms with Gasteiger partial charge in [-0.3, -0.25) is 9.59 Å². The second-order valence-corrected chi connectivity index (χ2v) is 10.2. The second kappa shape index (κ2) is 12.2. The van der Waals surface area contributed by atoms with E-state index in [9.17, 15) is 9.59 Å². The molecule has 3 aromatic rings. The maximum atomic E-state index is 13.6. The number of fused-ring (bicyclic) bond motifs is 1. The van der Waals surface area contributed by atoms with Crippen molar-refractivity contribution in [3.63, 3.8) is 0 Å². The van der Waals surface area contributed by atoms with Crippen molar-refractivity contribution < 1.29 is 23.5 Å². The minimum Gasteiger partial charge on any atom is -0.491 e. The SMILES string of the molecule is COCCCN(CC(=O)N1CCc2sccc2[C@H]1COc1ccc(C(C)C)cc1)C(=O)c1ccco1. The Labute approximate surface area is 216 Å². The number of benzene rings is 1. The molecule has 8 heteroatoms. The van der Waals surface area contributed by atoms with E-state index in [1.54, 1.807) is 35.5 Å². The zero-order valence-corrected chi connectivity index (χ0v) is 22.0. The van der Waals surface area contributed by atoms with E-state index in [1.165, 1.54) is 16.7 Å². The minimum absolute atomic E-state index is 0.0255. The summed E-state index contributed by atoms with van der Waals surface area (Å²) in [6.45, 7) is 6.15. The third-order valence-electron chi connectivity index (χ3n) is 6.49. The van der Waals surface area contributed by atoms with Gasteiger partial charge >= 0.3 is 0 Å². The van der Waals surface area contributed by atoms with E-state index in [0.29, 0.717) is 38.6 Å². The average molecular weight is 511 g/mol. The van der Waals surface area contributed by atoms with Crippen LogP contribution in [0.15, 0.2) is 58.5 Å². The van der Waals surface area contributed by atoms with Gasteiger partial charge in [-0.1, -0.05) is 26.0 Å². The van der Waals surface area contributed by atoms with E-state index in [1.807, 2.05) is 17.0 Å². The van der Waals surface area contributed by atoms with Crippen LogP contribution in [-0.4, -0.2) is 61.6 Å². The Kier molecular flexibility index (Phi) is 8.83. The molecule has 0 saturated heterocycles. The van der Waals surface area contributed by atoms with Crippen LogP contribution in [0.3, 0.4) is 0 Å². The second-order valence-electron chi connectivity index (χ2n) is 9.24. The van der Waals surface area contributed by atoms with Crippen LogP contribution in [0.2, 0.25) is 0 Å². The molecule has 0 unspecified atom stereocenters. The maximum Gasteiger partial charge on any atom is 0.290 e. The number of furan rings is 1. The van der Waals surface area contributed by atoms with Gasteiger partial charge in [-0.2, -0.15) is 0 Å². The van der Waals surface area contributed by atoms with E-state index < -0.39 is 0 Å². The molecule has 2 amide bonds. The lowest BCUT2D eigenvalue weighted by molar-refractivity contribution is -0.135. The summed E-state index contributed by atoms with van der Waals surface area (Å²) >= 11 is 1.72. The Morgan fingerprint density at radius 2 is 2.00 bits per heavy atom. The molecule has 36 heavy (non-hydrogen) atoms. The van der Waals surface area contributed by atoms with Crippen molar-refractivity contribution in [2.75, 3.05) is 40.0 Å². The number of amides is 2. The van der Waals surface area contributed by atoms with Gasteiger partial charge in [0.25, 0.3) is 5.91 Å². The zero-order chi connectivity index (χ0) is 25.5. The average Bonchev–Trinajstić information content (AvgIpc) is 3.59. The van der Waals surface area contributed by atoms with Crippen LogP contribution in [0, 0.1) is 0 Å². The first-order valence-corrected chi connectivity index (χ1v) is 13.3. The Hall–Kier alpha value is -3.10. The number of hydrogen-bond donors (Lipinski definition) is 0. The van der Waals surface area contributed by atoms with Crippen LogP contribution in [-0.2, 0) is 16.0 Å². The molecular weight excluding hydrogens is 476 g/mol. The summed E-state index contributed by atoms with van der Waals surface area (Å²) < 4.78 is 16.6. The van der Waals surface area contributed by atoms with E-state index in [-0.39, 0.29) is 30.2 Å². The molecule has 4 rings (SSSR count). The molecule has 3 heterocycles. The highest BCUT2D eigenvalue weighted by atomic mass is 32.1. The third-order valence-corrected chi connectivity index (χ3v) is 7.49. The van der Waals surface area contributed by atoms with Crippen LogP contribution < -0.4 is 4.74 Å². The van der Waals surface area contributed by atoms with Gasteiger partial charge in [0.2, 0.25) is 5.91 Å². The smallest absolute Gasteiger partial charge is 0.290 e. The molecule has 0 radical (unpaired) electrons. The first-order valence-electron chi connectivity index (χ1n) is 12.4. The molecule has 1 aromatic carbocycles. The van der Waals surface area contributed by atoms with Crippen LogP contribution in [0.25, 0.3) is 0 Å². The molecule has 2 aromatic heterocycles. The fourth-order valence-electron chi connectivity index (χ4n) is 4.46. The summed E-state index contributed by atoms with van der Waals surface area (Å²) in [7, 11) is 1.62. The number of methoxy groups -OCH3 is 1. The molecule has 0 fully saturated rings. The lowest BCUT2D eigenvalue weighted by Crippen LogP contribution is -2.48. The van der Waals surface area contributed by atoms with Crippen molar-refractivity contribution in [1.29, 1.82) is 0 Å². The number of ether oxygens (including phenoxy) is 2. The molecule has 0 aliphatic carbocycles. The van der Waals surface area contributed by atoms with E-state index in [0.717, 1.165) is 17.7 Å². The van der Waals surface area contributed by atoms with Crippen molar-refractivity contribution in [1.82, 2.24) is 9.80 Å². The predicted molar refractivity (Wildman–Crippen MR) is 140 cm³/mol. The number of carbonyl (C=O) groups is 2. The number of thiophene rings is 1. The van der Waals surface area contributed by atoms with Crippen molar-refractivity contribution in [3.8, 4) is 5.75 Å². The summed E-state index contributed by atoms with van der Waals surface area (Å²) in [6, 6.07) is 13.3. The van der Waals surface area contributed by atoms with Crippen molar-refractivity contribution in [3.05, 3.63) is 75.9 Å². The molecule has 0 bridgehead atoms. The zero-order valence-electron chi connectivity index (χ0n) is 21.1. The Morgan fingerprint density at radius 1 is 1.19 bits per heavy atom. The first-order chi connectivity index (χ1) is 17.5. The third kappa shape index (κ3) is 6.17. The van der Waals surface area contributed by atoms with Crippen LogP contribution in [0.5, 0.6) is 5.75 Å². The molecule has 0 saturated carbocycles. The molecule has 0 spiro atoms. The van der Waals surface area contributed by atoms with E-state index >= 15 is 0 Å². The predicted octanol–water partition coefficient (Wildman–Crippen LogP) is 5.15. The standard InChI is InChI=1S/C28H34N2O5S/c1-20(2)21-7-9-22(10-8-21)35-19-24-23-12-17-36-26(23)11-14-30(24)27(31)18-29(13-5-15-33-3)28(32)25-6-4-16-34-25/h4,6-10,12,16-17,20,24H,5,11,13-15,18-19H2,1-3H3/t24-/m1/s1. The highest BCUT2D eigenvalue weighted by Gasteiger charge is 2.34. The van der Waals surface area contributed by atoms with Gasteiger partial charge in [-0.25, -0.2) is 0 Å². The number of rotatable bonds is 11. The van der Waals surface area contributed by atoms with Gasteiger partial charge in [0, 0.05) is 31.7 Å². The highest BCUT2D eigenvalue weighted by molar-refractivity contribution is 7.10. The van der Waals surface area contributed by atoms with Crippen LogP contribution in [0.1, 0.15) is 58.8 Å². The Morgan fingerprint density at radius 3 is 2.69 bits per heavy atom. The van der Waals surface area contributed by atoms with Gasteiger partial charge in [0.05, 0.1) is 12.3 Å². The number of hydrogen-bond acceptors (Lipinski definition) is 6. The normalized spacial score (nSPS) is 15.1. The van der Waals surface area contributed by atoms with Crippen LogP contribution in [0.4, 0.5) is 0 Å². The maximum absolute atomic E-state index is 13.6. The van der Waals surface area contributed by atoms with E-state index in [4.69, 9.17) is 13.9 Å². The first kappa shape index (κ1) is 26.0. The number of nitrogens with zero attached hydrogens (tertiary/aromatic N) is 2. The molecule has 7 nitrogen and oxygen atoms in total. The van der Waals surface area contributed by atoms with Gasteiger partial charge < -0.3 is 23.7 Å². The summed E-state index contributed by atoms with van der Waals surface area (Å²) in [6.07, 6.45) is 2.89.